The lowest BCUT2D eigenvalue weighted by Gasteiger charge is -2.20. The number of aromatic amines is 1. The van der Waals surface area contributed by atoms with Gasteiger partial charge in [0.1, 0.15) is 11.4 Å². The smallest absolute Gasteiger partial charge is 0.271 e. The number of H-pyrrole nitrogens is 1. The molecule has 126 valence electrons. The van der Waals surface area contributed by atoms with Crippen molar-refractivity contribution in [2.45, 2.75) is 25.8 Å². The number of nitrogens with one attached hydrogen (secondary N) is 1. The Hall–Kier alpha value is -2.57. The predicted octanol–water partition coefficient (Wildman–Crippen LogP) is 1.15. The van der Waals surface area contributed by atoms with Crippen LogP contribution in [0.5, 0.6) is 0 Å². The number of nitrogens with zero attached hydrogens (tertiary/aromatic N) is 4. The fourth-order valence-electron chi connectivity index (χ4n) is 3.59. The lowest BCUT2D eigenvalue weighted by molar-refractivity contribution is 0.0752. The predicted molar refractivity (Wildman–Crippen MR) is 87.8 cm³/mol. The first-order valence-corrected chi connectivity index (χ1v) is 8.50. The number of amides is 2. The van der Waals surface area contributed by atoms with Crippen LogP contribution >= 0.6 is 0 Å². The summed E-state index contributed by atoms with van der Waals surface area (Å²) in [5.74, 6) is 0.0813. The maximum Gasteiger partial charge on any atom is 0.271 e. The summed E-state index contributed by atoms with van der Waals surface area (Å²) in [4.78, 5) is 28.9. The molecule has 1 saturated heterocycles. The van der Waals surface area contributed by atoms with Gasteiger partial charge in [0, 0.05) is 51.0 Å². The van der Waals surface area contributed by atoms with Gasteiger partial charge in [0.15, 0.2) is 0 Å². The van der Waals surface area contributed by atoms with Crippen molar-refractivity contribution in [3.05, 3.63) is 41.5 Å². The Balaban J connectivity index is 1.51. The summed E-state index contributed by atoms with van der Waals surface area (Å²) in [6.07, 6.45) is 4.52. The molecule has 2 aliphatic heterocycles. The van der Waals surface area contributed by atoms with E-state index in [9.17, 15) is 9.59 Å². The van der Waals surface area contributed by atoms with Crippen LogP contribution in [-0.2, 0) is 13.0 Å². The van der Waals surface area contributed by atoms with Crippen molar-refractivity contribution >= 4 is 11.8 Å². The molecule has 2 amide bonds. The van der Waals surface area contributed by atoms with E-state index in [1.165, 1.54) is 0 Å². The quantitative estimate of drug-likeness (QED) is 0.899. The number of fused-ring (bicyclic) bond motifs is 1. The van der Waals surface area contributed by atoms with Crippen molar-refractivity contribution in [2.75, 3.05) is 26.2 Å². The van der Waals surface area contributed by atoms with E-state index in [0.29, 0.717) is 25.3 Å². The molecule has 1 N–H and O–H groups in total. The van der Waals surface area contributed by atoms with Gasteiger partial charge in [-0.05, 0) is 31.0 Å². The maximum atomic E-state index is 12.7. The highest BCUT2D eigenvalue weighted by atomic mass is 16.2. The van der Waals surface area contributed by atoms with Crippen LogP contribution in [0.4, 0.5) is 0 Å². The van der Waals surface area contributed by atoms with E-state index in [1.807, 2.05) is 21.9 Å². The van der Waals surface area contributed by atoms with Crippen LogP contribution in [0.15, 0.2) is 24.4 Å². The number of hydrogen-bond acceptors (Lipinski definition) is 3. The molecular weight excluding hydrogens is 306 g/mol. The van der Waals surface area contributed by atoms with Crippen LogP contribution in [0.2, 0.25) is 0 Å². The topological polar surface area (TPSA) is 74.2 Å². The Bertz CT molecular complexity index is 743. The molecule has 7 nitrogen and oxygen atoms in total. The van der Waals surface area contributed by atoms with Gasteiger partial charge < -0.3 is 14.4 Å². The zero-order valence-corrected chi connectivity index (χ0v) is 13.6. The van der Waals surface area contributed by atoms with Crippen LogP contribution in [0.1, 0.15) is 39.5 Å². The highest BCUT2D eigenvalue weighted by Gasteiger charge is 2.26. The van der Waals surface area contributed by atoms with E-state index in [-0.39, 0.29) is 11.8 Å². The number of rotatable bonds is 2. The molecule has 2 aromatic heterocycles. The molecule has 24 heavy (non-hydrogen) atoms. The summed E-state index contributed by atoms with van der Waals surface area (Å²) >= 11 is 0. The average Bonchev–Trinajstić information content (AvgIpc) is 3.34. The third kappa shape index (κ3) is 2.60. The number of carbonyl (C=O) groups is 2. The minimum absolute atomic E-state index is 0.0364. The monoisotopic (exact) mass is 327 g/mol. The molecular formula is C17H21N5O2. The fourth-order valence-corrected chi connectivity index (χ4v) is 3.59. The number of carbonyl (C=O) groups excluding carboxylic acids is 2. The molecule has 7 heteroatoms. The van der Waals surface area contributed by atoms with Crippen LogP contribution in [0.3, 0.4) is 0 Å². The highest BCUT2D eigenvalue weighted by molar-refractivity contribution is 5.93. The zero-order chi connectivity index (χ0) is 16.5. The Morgan fingerprint density at radius 2 is 1.71 bits per heavy atom. The summed E-state index contributed by atoms with van der Waals surface area (Å²) in [6.45, 7) is 3.60. The van der Waals surface area contributed by atoms with Gasteiger partial charge in [0.2, 0.25) is 0 Å². The van der Waals surface area contributed by atoms with E-state index in [2.05, 4.69) is 14.8 Å². The summed E-state index contributed by atoms with van der Waals surface area (Å²) in [5, 5.41) is 6.57. The average molecular weight is 327 g/mol. The molecule has 0 radical (unpaired) electrons. The summed E-state index contributed by atoms with van der Waals surface area (Å²) in [5.41, 5.74) is 2.38. The van der Waals surface area contributed by atoms with E-state index < -0.39 is 0 Å². The lowest BCUT2D eigenvalue weighted by atomic mass is 10.3. The Labute approximate surface area is 140 Å². The second-order valence-electron chi connectivity index (χ2n) is 6.37. The molecule has 2 aliphatic rings. The normalized spacial score (nSPS) is 17.7. The summed E-state index contributed by atoms with van der Waals surface area (Å²) in [7, 11) is 0. The molecule has 4 rings (SSSR count). The Morgan fingerprint density at radius 3 is 2.46 bits per heavy atom. The summed E-state index contributed by atoms with van der Waals surface area (Å²) in [6, 6.07) is 5.64. The summed E-state index contributed by atoms with van der Waals surface area (Å²) < 4.78 is 2.08. The van der Waals surface area contributed by atoms with Crippen molar-refractivity contribution in [1.82, 2.24) is 24.6 Å². The van der Waals surface area contributed by atoms with Crippen LogP contribution in [0, 0.1) is 0 Å². The Kier molecular flexibility index (Phi) is 3.84. The molecule has 0 bridgehead atoms. The minimum Gasteiger partial charge on any atom is -0.339 e. The standard InChI is InChI=1S/C17H21N5O2/c23-16(14-5-7-18-19-14)21-10-6-13-3-4-15(22(13)12-11-21)17(24)20-8-1-2-9-20/h3-5,7H,1-2,6,8-12H2,(H,18,19). The molecule has 0 saturated carbocycles. The van der Waals surface area contributed by atoms with E-state index in [4.69, 9.17) is 0 Å². The SMILES string of the molecule is O=C(c1ccn[nH]1)N1CCc2ccc(C(=O)N3CCCC3)n2CC1. The van der Waals surface area contributed by atoms with E-state index >= 15 is 0 Å². The van der Waals surface area contributed by atoms with Gasteiger partial charge in [-0.15, -0.1) is 0 Å². The number of aromatic nitrogens is 3. The first kappa shape index (κ1) is 15.0. The molecule has 0 unspecified atom stereocenters. The number of likely N-dealkylation sites (tertiary alicyclic amines) is 1. The van der Waals surface area contributed by atoms with Gasteiger partial charge in [0.05, 0.1) is 0 Å². The van der Waals surface area contributed by atoms with Crippen LogP contribution in [-0.4, -0.2) is 62.6 Å². The third-order valence-electron chi connectivity index (χ3n) is 4.93. The van der Waals surface area contributed by atoms with Gasteiger partial charge in [0.25, 0.3) is 11.8 Å². The number of hydrogen-bond donors (Lipinski definition) is 1. The first-order chi connectivity index (χ1) is 11.7. The van der Waals surface area contributed by atoms with Crippen molar-refractivity contribution in [1.29, 1.82) is 0 Å². The minimum atomic E-state index is -0.0364. The van der Waals surface area contributed by atoms with Crippen molar-refractivity contribution in [3.8, 4) is 0 Å². The molecule has 0 aromatic carbocycles. The van der Waals surface area contributed by atoms with Gasteiger partial charge in [-0.25, -0.2) is 0 Å². The molecule has 0 atom stereocenters. The van der Waals surface area contributed by atoms with Crippen LogP contribution in [0.25, 0.3) is 0 Å². The van der Waals surface area contributed by atoms with Crippen molar-refractivity contribution in [3.63, 3.8) is 0 Å². The Morgan fingerprint density at radius 1 is 0.917 bits per heavy atom. The zero-order valence-electron chi connectivity index (χ0n) is 13.6. The second kappa shape index (κ2) is 6.14. The van der Waals surface area contributed by atoms with Gasteiger partial charge >= 0.3 is 0 Å². The maximum absolute atomic E-state index is 12.7. The molecule has 2 aromatic rings. The molecule has 0 aliphatic carbocycles. The largest absolute Gasteiger partial charge is 0.339 e. The van der Waals surface area contributed by atoms with E-state index in [0.717, 1.165) is 43.7 Å². The van der Waals surface area contributed by atoms with Crippen molar-refractivity contribution in [2.24, 2.45) is 0 Å². The molecule has 0 spiro atoms. The fraction of sp³-hybridized carbons (Fsp3) is 0.471. The van der Waals surface area contributed by atoms with Gasteiger partial charge in [-0.3, -0.25) is 14.7 Å². The lowest BCUT2D eigenvalue weighted by Crippen LogP contribution is -2.34. The molecule has 4 heterocycles. The van der Waals surface area contributed by atoms with Gasteiger partial charge in [-0.2, -0.15) is 5.10 Å². The van der Waals surface area contributed by atoms with Gasteiger partial charge in [-0.1, -0.05) is 0 Å². The first-order valence-electron chi connectivity index (χ1n) is 8.50. The third-order valence-corrected chi connectivity index (χ3v) is 4.93. The highest BCUT2D eigenvalue weighted by Crippen LogP contribution is 2.19. The van der Waals surface area contributed by atoms with E-state index in [1.54, 1.807) is 12.3 Å². The van der Waals surface area contributed by atoms with Crippen molar-refractivity contribution < 1.29 is 9.59 Å². The molecule has 1 fully saturated rings. The second-order valence-corrected chi connectivity index (χ2v) is 6.37. The van der Waals surface area contributed by atoms with Crippen LogP contribution < -0.4 is 0 Å².